The Morgan fingerprint density at radius 1 is 1.11 bits per heavy atom. The number of carbonyl (C=O) groups is 2. The maximum atomic E-state index is 14.3. The number of nitrogens with one attached hydrogen (secondary N) is 1. The van der Waals surface area contributed by atoms with Crippen molar-refractivity contribution in [3.63, 3.8) is 0 Å². The number of hydrogen-bond donors (Lipinski definition) is 2. The fourth-order valence-electron chi connectivity index (χ4n) is 5.51. The average Bonchev–Trinajstić information content (AvgIpc) is 2.82. The van der Waals surface area contributed by atoms with Gasteiger partial charge in [0, 0.05) is 28.0 Å². The predicted octanol–water partition coefficient (Wildman–Crippen LogP) is 6.03. The van der Waals surface area contributed by atoms with Crippen LogP contribution in [0, 0.1) is 5.41 Å². The van der Waals surface area contributed by atoms with Crippen molar-refractivity contribution in [3.05, 3.63) is 69.7 Å². The number of sulfonamides is 1. The van der Waals surface area contributed by atoms with E-state index in [9.17, 15) is 23.1 Å². The van der Waals surface area contributed by atoms with E-state index in [-0.39, 0.29) is 24.7 Å². The van der Waals surface area contributed by atoms with E-state index >= 15 is 0 Å². The molecule has 0 radical (unpaired) electrons. The van der Waals surface area contributed by atoms with Crippen molar-refractivity contribution in [2.75, 3.05) is 0 Å². The van der Waals surface area contributed by atoms with Gasteiger partial charge in [0.25, 0.3) is 0 Å². The third kappa shape index (κ3) is 6.53. The Morgan fingerprint density at radius 3 is 2.26 bits per heavy atom. The minimum Gasteiger partial charge on any atom is -0.481 e. The summed E-state index contributed by atoms with van der Waals surface area (Å²) in [5.41, 5.74) is 0.477. The molecule has 0 saturated carbocycles. The van der Waals surface area contributed by atoms with Crippen LogP contribution in [0.3, 0.4) is 0 Å². The number of benzene rings is 2. The molecule has 1 heterocycles. The lowest BCUT2D eigenvalue weighted by molar-refractivity contribution is -0.161. The summed E-state index contributed by atoms with van der Waals surface area (Å²) in [6.07, 6.45) is 0.378. The largest absolute Gasteiger partial charge is 0.481 e. The van der Waals surface area contributed by atoms with Gasteiger partial charge in [-0.3, -0.25) is 9.59 Å². The zero-order chi connectivity index (χ0) is 28.4. The van der Waals surface area contributed by atoms with Gasteiger partial charge in [-0.2, -0.15) is 0 Å². The predicted molar refractivity (Wildman–Crippen MR) is 151 cm³/mol. The van der Waals surface area contributed by atoms with Gasteiger partial charge in [-0.05, 0) is 69.0 Å². The Bertz CT molecular complexity index is 1270. The Kier molecular flexibility index (Phi) is 9.56. The molecule has 2 N–H and O–H groups in total. The molecular formula is C28H36Cl2N2O5S. The summed E-state index contributed by atoms with van der Waals surface area (Å²) < 4.78 is 28.3. The summed E-state index contributed by atoms with van der Waals surface area (Å²) in [6, 6.07) is 12.9. The number of likely N-dealkylation sites (tertiary alicyclic amines) is 1. The second-order valence-corrected chi connectivity index (χ2v) is 13.8. The summed E-state index contributed by atoms with van der Waals surface area (Å²) in [5.74, 6) is -1.70. The molecule has 7 nitrogen and oxygen atoms in total. The van der Waals surface area contributed by atoms with Gasteiger partial charge in [0.1, 0.15) is 0 Å². The van der Waals surface area contributed by atoms with Crippen LogP contribution in [-0.2, 0) is 19.6 Å². The Morgan fingerprint density at radius 2 is 1.74 bits per heavy atom. The van der Waals surface area contributed by atoms with Gasteiger partial charge in [-0.15, -0.1) is 0 Å². The number of nitrogens with zero attached hydrogens (tertiary/aromatic N) is 1. The highest BCUT2D eigenvalue weighted by Gasteiger charge is 2.53. The van der Waals surface area contributed by atoms with Gasteiger partial charge in [0.2, 0.25) is 15.9 Å². The first-order valence-electron chi connectivity index (χ1n) is 12.8. The number of rotatable bonds is 10. The molecule has 0 bridgehead atoms. The molecule has 2 aromatic rings. The standard InChI is InChI=1S/C28H36Cl2N2O5S/c1-6-24(18(4)31-38(36,37)17(2)3)32-26(19-10-12-21(29)13-11-19)23(20-8-7-9-22(30)14-20)15-28(5,27(32)35)16-25(33)34/h7-14,17-18,23-24,26,31H,6,15-16H2,1-5H3,(H,33,34)/t18?,23-,24+,26-,28-/m1/s1. The zero-order valence-corrected chi connectivity index (χ0v) is 24.6. The molecule has 5 atom stereocenters. The van der Waals surface area contributed by atoms with E-state index in [1.807, 2.05) is 37.3 Å². The molecule has 10 heteroatoms. The maximum Gasteiger partial charge on any atom is 0.304 e. The van der Waals surface area contributed by atoms with Crippen LogP contribution in [0.1, 0.15) is 77.0 Å². The summed E-state index contributed by atoms with van der Waals surface area (Å²) in [4.78, 5) is 28.0. The minimum atomic E-state index is -3.63. The van der Waals surface area contributed by atoms with E-state index < -0.39 is 44.8 Å². The SMILES string of the molecule is CC[C@@H](C(C)NS(=O)(=O)C(C)C)N1C(=O)[C@@](C)(CC(=O)O)C[C@H](c2cccc(Cl)c2)[C@H]1c1ccc(Cl)cc1. The highest BCUT2D eigenvalue weighted by molar-refractivity contribution is 7.90. The van der Waals surface area contributed by atoms with E-state index in [1.165, 1.54) is 0 Å². The molecule has 38 heavy (non-hydrogen) atoms. The highest BCUT2D eigenvalue weighted by atomic mass is 35.5. The molecule has 1 saturated heterocycles. The van der Waals surface area contributed by atoms with E-state index in [0.717, 1.165) is 11.1 Å². The third-order valence-electron chi connectivity index (χ3n) is 7.46. The van der Waals surface area contributed by atoms with Crippen LogP contribution in [0.25, 0.3) is 0 Å². The van der Waals surface area contributed by atoms with Crippen molar-refractivity contribution >= 4 is 45.1 Å². The Hall–Kier alpha value is -2.13. The maximum absolute atomic E-state index is 14.3. The van der Waals surface area contributed by atoms with Crippen LogP contribution in [0.4, 0.5) is 0 Å². The monoisotopic (exact) mass is 582 g/mol. The second-order valence-electron chi connectivity index (χ2n) is 10.7. The van der Waals surface area contributed by atoms with Crippen LogP contribution in [0.15, 0.2) is 48.5 Å². The van der Waals surface area contributed by atoms with Crippen molar-refractivity contribution in [2.24, 2.45) is 5.41 Å². The first-order valence-corrected chi connectivity index (χ1v) is 15.1. The third-order valence-corrected chi connectivity index (χ3v) is 9.88. The number of aliphatic carboxylic acids is 1. The molecule has 2 aromatic carbocycles. The van der Waals surface area contributed by atoms with Crippen LogP contribution >= 0.6 is 23.2 Å². The Labute approximate surface area is 235 Å². The van der Waals surface area contributed by atoms with Crippen molar-refractivity contribution in [3.8, 4) is 0 Å². The molecular weight excluding hydrogens is 547 g/mol. The van der Waals surface area contributed by atoms with Gasteiger partial charge in [0.05, 0.1) is 23.1 Å². The molecule has 1 unspecified atom stereocenters. The van der Waals surface area contributed by atoms with E-state index in [0.29, 0.717) is 16.5 Å². The zero-order valence-electron chi connectivity index (χ0n) is 22.3. The molecule has 0 spiro atoms. The molecule has 1 amide bonds. The van der Waals surface area contributed by atoms with Gasteiger partial charge in [0.15, 0.2) is 0 Å². The van der Waals surface area contributed by atoms with Gasteiger partial charge >= 0.3 is 5.97 Å². The minimum absolute atomic E-state index is 0.283. The second kappa shape index (κ2) is 11.9. The number of piperidine rings is 1. The molecule has 3 rings (SSSR count). The lowest BCUT2D eigenvalue weighted by atomic mass is 9.66. The lowest BCUT2D eigenvalue weighted by Gasteiger charge is -2.53. The van der Waals surface area contributed by atoms with E-state index in [2.05, 4.69) is 4.72 Å². The number of carboxylic acid groups (broad SMARTS) is 1. The number of halogens is 2. The fraction of sp³-hybridized carbons (Fsp3) is 0.500. The van der Waals surface area contributed by atoms with Gasteiger partial charge < -0.3 is 10.0 Å². The first kappa shape index (κ1) is 30.4. The summed E-state index contributed by atoms with van der Waals surface area (Å²) >= 11 is 12.6. The average molecular weight is 584 g/mol. The normalized spacial score (nSPS) is 23.9. The Balaban J connectivity index is 2.25. The number of carbonyl (C=O) groups excluding carboxylic acids is 1. The van der Waals surface area contributed by atoms with E-state index in [4.69, 9.17) is 23.2 Å². The first-order chi connectivity index (χ1) is 17.7. The van der Waals surface area contributed by atoms with Crippen LogP contribution in [0.5, 0.6) is 0 Å². The lowest BCUT2D eigenvalue weighted by Crippen LogP contribution is -2.60. The summed E-state index contributed by atoms with van der Waals surface area (Å²) in [5, 5.41) is 10.2. The van der Waals surface area contributed by atoms with Gasteiger partial charge in [-0.1, -0.05) is 61.3 Å². The van der Waals surface area contributed by atoms with Crippen LogP contribution < -0.4 is 4.72 Å². The fourth-order valence-corrected chi connectivity index (χ4v) is 6.78. The van der Waals surface area contributed by atoms with Crippen LogP contribution in [0.2, 0.25) is 10.0 Å². The topological polar surface area (TPSA) is 104 Å². The number of carboxylic acids is 1. The molecule has 1 aliphatic rings. The summed E-state index contributed by atoms with van der Waals surface area (Å²) in [6.45, 7) is 8.52. The van der Waals surface area contributed by atoms with Crippen molar-refractivity contribution in [1.29, 1.82) is 0 Å². The number of amides is 1. The molecule has 1 aliphatic heterocycles. The number of hydrogen-bond acceptors (Lipinski definition) is 4. The van der Waals surface area contributed by atoms with Gasteiger partial charge in [-0.25, -0.2) is 13.1 Å². The van der Waals surface area contributed by atoms with E-state index in [1.54, 1.807) is 50.8 Å². The molecule has 1 fully saturated rings. The molecule has 0 aliphatic carbocycles. The van der Waals surface area contributed by atoms with Crippen molar-refractivity contribution < 1.29 is 23.1 Å². The summed E-state index contributed by atoms with van der Waals surface area (Å²) in [7, 11) is -3.63. The molecule has 0 aromatic heterocycles. The quantitative estimate of drug-likeness (QED) is 0.356. The highest BCUT2D eigenvalue weighted by Crippen LogP contribution is 2.52. The molecule has 208 valence electrons. The van der Waals surface area contributed by atoms with Crippen molar-refractivity contribution in [1.82, 2.24) is 9.62 Å². The van der Waals surface area contributed by atoms with Crippen molar-refractivity contribution in [2.45, 2.75) is 83.2 Å². The smallest absolute Gasteiger partial charge is 0.304 e. The van der Waals surface area contributed by atoms with Crippen LogP contribution in [-0.4, -0.2) is 47.6 Å².